The van der Waals surface area contributed by atoms with Gasteiger partial charge in [0.1, 0.15) is 11.6 Å². The van der Waals surface area contributed by atoms with Gasteiger partial charge in [0.2, 0.25) is 0 Å². The zero-order chi connectivity index (χ0) is 14.3. The quantitative estimate of drug-likeness (QED) is 0.399. The number of hydrogen-bond donors (Lipinski definition) is 0. The molecule has 0 radical (unpaired) electrons. The van der Waals surface area contributed by atoms with Gasteiger partial charge in [-0.15, -0.1) is 11.6 Å². The predicted octanol–water partition coefficient (Wildman–Crippen LogP) is 3.80. The van der Waals surface area contributed by atoms with Crippen molar-refractivity contribution < 1.29 is 13.5 Å². The number of alkyl halides is 1. The van der Waals surface area contributed by atoms with Crippen molar-refractivity contribution >= 4 is 27.5 Å². The Kier molecular flexibility index (Phi) is 7.83. The van der Waals surface area contributed by atoms with Gasteiger partial charge < -0.3 is 4.74 Å². The molecule has 2 nitrogen and oxygen atoms in total. The fraction of sp³-hybridized carbons (Fsp3) is 0.538. The highest BCUT2D eigenvalue weighted by atomic mass is 79.9. The molecular weight excluding hydrogens is 340 g/mol. The van der Waals surface area contributed by atoms with Gasteiger partial charge in [-0.25, -0.2) is 8.78 Å². The van der Waals surface area contributed by atoms with E-state index in [0.29, 0.717) is 32.2 Å². The average Bonchev–Trinajstić information content (AvgIpc) is 2.41. The summed E-state index contributed by atoms with van der Waals surface area (Å²) in [5.74, 6) is -0.623. The minimum absolute atomic E-state index is 0.0774. The highest BCUT2D eigenvalue weighted by Crippen LogP contribution is 2.22. The zero-order valence-electron chi connectivity index (χ0n) is 10.8. The molecule has 0 aliphatic rings. The second kappa shape index (κ2) is 8.84. The average molecular weight is 357 g/mol. The molecule has 0 aromatic heterocycles. The molecule has 0 spiro atoms. The first-order valence-corrected chi connectivity index (χ1v) is 7.41. The maximum Gasteiger partial charge on any atom is 0.144 e. The van der Waals surface area contributed by atoms with Crippen LogP contribution in [0.25, 0.3) is 0 Å². The van der Waals surface area contributed by atoms with E-state index < -0.39 is 11.6 Å². The van der Waals surface area contributed by atoms with Crippen LogP contribution in [0, 0.1) is 11.6 Å². The van der Waals surface area contributed by atoms with E-state index in [4.69, 9.17) is 16.3 Å². The molecule has 0 aliphatic carbocycles. The summed E-state index contributed by atoms with van der Waals surface area (Å²) in [6, 6.07) is 2.63. The Labute approximate surface area is 125 Å². The lowest BCUT2D eigenvalue weighted by molar-refractivity contribution is 0.113. The maximum atomic E-state index is 13.8. The third kappa shape index (κ3) is 5.34. The summed E-state index contributed by atoms with van der Waals surface area (Å²) >= 11 is 8.56. The molecule has 108 valence electrons. The van der Waals surface area contributed by atoms with E-state index >= 15 is 0 Å². The molecule has 0 saturated heterocycles. The van der Waals surface area contributed by atoms with Crippen LogP contribution >= 0.6 is 27.5 Å². The summed E-state index contributed by atoms with van der Waals surface area (Å²) in [5.41, 5.74) is 0.0774. The summed E-state index contributed by atoms with van der Waals surface area (Å²) in [5, 5.41) is 0. The van der Waals surface area contributed by atoms with Crippen LogP contribution in [0.4, 0.5) is 8.78 Å². The minimum Gasteiger partial charge on any atom is -0.379 e. The van der Waals surface area contributed by atoms with Gasteiger partial charge in [0.25, 0.3) is 0 Å². The Morgan fingerprint density at radius 2 is 2.05 bits per heavy atom. The summed E-state index contributed by atoms with van der Waals surface area (Å²) < 4.78 is 33.0. The van der Waals surface area contributed by atoms with Crippen LogP contribution in [0.2, 0.25) is 0 Å². The summed E-state index contributed by atoms with van der Waals surface area (Å²) in [6.07, 6.45) is 0. The molecule has 6 heteroatoms. The Bertz CT molecular complexity index is 406. The van der Waals surface area contributed by atoms with Crippen molar-refractivity contribution in [2.45, 2.75) is 13.5 Å². The van der Waals surface area contributed by atoms with Crippen LogP contribution in [0.15, 0.2) is 16.6 Å². The lowest BCUT2D eigenvalue weighted by Crippen LogP contribution is -2.28. The molecule has 19 heavy (non-hydrogen) atoms. The van der Waals surface area contributed by atoms with Crippen molar-refractivity contribution in [1.82, 2.24) is 4.90 Å². The number of hydrogen-bond acceptors (Lipinski definition) is 2. The Morgan fingerprint density at radius 3 is 2.68 bits per heavy atom. The minimum atomic E-state index is -0.542. The number of halogens is 4. The molecule has 0 fully saturated rings. The monoisotopic (exact) mass is 355 g/mol. The van der Waals surface area contributed by atoms with E-state index in [9.17, 15) is 8.78 Å². The van der Waals surface area contributed by atoms with Crippen molar-refractivity contribution in [3.63, 3.8) is 0 Å². The van der Waals surface area contributed by atoms with E-state index in [1.165, 1.54) is 12.1 Å². The maximum absolute atomic E-state index is 13.8. The molecule has 0 atom stereocenters. The smallest absolute Gasteiger partial charge is 0.144 e. The first-order valence-electron chi connectivity index (χ1n) is 6.08. The second-order valence-electron chi connectivity index (χ2n) is 3.99. The molecule has 0 heterocycles. The number of likely N-dealkylation sites (N-methyl/N-ethyl adjacent to an activating group) is 1. The first-order chi connectivity index (χ1) is 9.10. The van der Waals surface area contributed by atoms with Crippen molar-refractivity contribution in [3.8, 4) is 0 Å². The van der Waals surface area contributed by atoms with E-state index in [2.05, 4.69) is 15.9 Å². The predicted molar refractivity (Wildman–Crippen MR) is 76.5 cm³/mol. The number of benzene rings is 1. The number of nitrogens with zero attached hydrogens (tertiary/aromatic N) is 1. The van der Waals surface area contributed by atoms with Crippen molar-refractivity contribution in [1.29, 1.82) is 0 Å². The van der Waals surface area contributed by atoms with E-state index in [-0.39, 0.29) is 16.6 Å². The number of ether oxygens (including phenoxy) is 1. The summed E-state index contributed by atoms with van der Waals surface area (Å²) in [4.78, 5) is 1.92. The standard InChI is InChI=1S/C13H17BrClF2NO/c1-2-18(6-8-19-7-5-15)9-10-12(16)4-3-11(14)13(10)17/h3-4H,2,5-9H2,1H3. The molecule has 0 amide bonds. The van der Waals surface area contributed by atoms with Crippen molar-refractivity contribution in [2.24, 2.45) is 0 Å². The van der Waals surface area contributed by atoms with Gasteiger partial charge in [-0.3, -0.25) is 4.90 Å². The van der Waals surface area contributed by atoms with Crippen molar-refractivity contribution in [3.05, 3.63) is 33.8 Å². The zero-order valence-corrected chi connectivity index (χ0v) is 13.1. The van der Waals surface area contributed by atoms with Crippen LogP contribution in [0.3, 0.4) is 0 Å². The van der Waals surface area contributed by atoms with Gasteiger partial charge >= 0.3 is 0 Å². The Morgan fingerprint density at radius 1 is 1.32 bits per heavy atom. The lowest BCUT2D eigenvalue weighted by atomic mass is 10.2. The Balaban J connectivity index is 2.63. The molecule has 0 saturated carbocycles. The van der Waals surface area contributed by atoms with Crippen LogP contribution in [0.5, 0.6) is 0 Å². The summed E-state index contributed by atoms with van der Waals surface area (Å²) in [6.45, 7) is 4.44. The highest BCUT2D eigenvalue weighted by Gasteiger charge is 2.15. The topological polar surface area (TPSA) is 12.5 Å². The molecule has 0 unspecified atom stereocenters. The van der Waals surface area contributed by atoms with Crippen molar-refractivity contribution in [2.75, 3.05) is 32.2 Å². The van der Waals surface area contributed by atoms with Gasteiger partial charge in [-0.05, 0) is 34.6 Å². The fourth-order valence-electron chi connectivity index (χ4n) is 1.64. The molecule has 0 bridgehead atoms. The van der Waals surface area contributed by atoms with E-state index in [1.54, 1.807) is 0 Å². The van der Waals surface area contributed by atoms with E-state index in [1.807, 2.05) is 11.8 Å². The summed E-state index contributed by atoms with van der Waals surface area (Å²) in [7, 11) is 0. The van der Waals surface area contributed by atoms with Crippen LogP contribution in [0.1, 0.15) is 12.5 Å². The van der Waals surface area contributed by atoms with Gasteiger partial charge in [-0.1, -0.05) is 6.92 Å². The van der Waals surface area contributed by atoms with Gasteiger partial charge in [0, 0.05) is 24.5 Å². The molecule has 1 rings (SSSR count). The largest absolute Gasteiger partial charge is 0.379 e. The molecule has 1 aromatic carbocycles. The molecule has 1 aromatic rings. The fourth-order valence-corrected chi connectivity index (χ4v) is 2.12. The molecule has 0 N–H and O–H groups in total. The molecular formula is C13H17BrClF2NO. The first kappa shape index (κ1) is 16.8. The van der Waals surface area contributed by atoms with Gasteiger partial charge in [0.15, 0.2) is 0 Å². The van der Waals surface area contributed by atoms with E-state index in [0.717, 1.165) is 0 Å². The third-order valence-corrected chi connectivity index (χ3v) is 3.51. The number of rotatable bonds is 8. The Hall–Kier alpha value is -0.230. The van der Waals surface area contributed by atoms with Gasteiger partial charge in [-0.2, -0.15) is 0 Å². The third-order valence-electron chi connectivity index (χ3n) is 2.74. The SMILES string of the molecule is CCN(CCOCCCl)Cc1c(F)ccc(Br)c1F. The van der Waals surface area contributed by atoms with Crippen LogP contribution < -0.4 is 0 Å². The second-order valence-corrected chi connectivity index (χ2v) is 5.22. The normalized spacial score (nSPS) is 11.3. The van der Waals surface area contributed by atoms with Gasteiger partial charge in [0.05, 0.1) is 17.7 Å². The van der Waals surface area contributed by atoms with Crippen LogP contribution in [-0.4, -0.2) is 37.1 Å². The lowest BCUT2D eigenvalue weighted by Gasteiger charge is -2.21. The van der Waals surface area contributed by atoms with Crippen LogP contribution in [-0.2, 0) is 11.3 Å². The highest BCUT2D eigenvalue weighted by molar-refractivity contribution is 9.10. The molecule has 0 aliphatic heterocycles.